The predicted octanol–water partition coefficient (Wildman–Crippen LogP) is 7.90. The van der Waals surface area contributed by atoms with Gasteiger partial charge < -0.3 is 4.74 Å². The first-order valence-corrected chi connectivity index (χ1v) is 13.0. The van der Waals surface area contributed by atoms with Gasteiger partial charge in [0.1, 0.15) is 11.0 Å². The molecule has 0 saturated heterocycles. The molecule has 1 heterocycles. The normalized spacial score (nSPS) is 13.4. The third-order valence-electron chi connectivity index (χ3n) is 7.80. The molecule has 0 spiro atoms. The van der Waals surface area contributed by atoms with Crippen LogP contribution in [0.4, 0.5) is 0 Å². The summed E-state index contributed by atoms with van der Waals surface area (Å²) in [6.45, 7) is 4.58. The Morgan fingerprint density at radius 2 is 1.42 bits per heavy atom. The largest absolute Gasteiger partial charge is 0.465 e. The number of fused-ring (bicyclic) bond motifs is 4. The lowest BCUT2D eigenvalue weighted by atomic mass is 9.73. The quantitative estimate of drug-likeness (QED) is 0.235. The number of hydrogen-bond acceptors (Lipinski definition) is 5. The van der Waals surface area contributed by atoms with Gasteiger partial charge >= 0.3 is 5.97 Å². The van der Waals surface area contributed by atoms with Crippen LogP contribution in [-0.4, -0.2) is 21.8 Å². The van der Waals surface area contributed by atoms with Crippen molar-refractivity contribution < 1.29 is 9.53 Å². The van der Waals surface area contributed by atoms with E-state index in [0.717, 1.165) is 40.6 Å². The van der Waals surface area contributed by atoms with Crippen LogP contribution < -0.4 is 0 Å². The van der Waals surface area contributed by atoms with E-state index < -0.39 is 0 Å². The van der Waals surface area contributed by atoms with E-state index in [1.165, 1.54) is 46.7 Å². The molecule has 5 heteroatoms. The van der Waals surface area contributed by atoms with E-state index in [-0.39, 0.29) is 11.4 Å². The van der Waals surface area contributed by atoms with Crippen molar-refractivity contribution in [1.82, 2.24) is 8.75 Å². The number of methoxy groups -OCH3 is 1. The van der Waals surface area contributed by atoms with Crippen LogP contribution in [0.5, 0.6) is 0 Å². The van der Waals surface area contributed by atoms with Gasteiger partial charge in [-0.1, -0.05) is 62.4 Å². The maximum atomic E-state index is 11.9. The molecule has 0 atom stereocenters. The maximum Gasteiger partial charge on any atom is 0.337 e. The van der Waals surface area contributed by atoms with Gasteiger partial charge in [-0.05, 0) is 82.1 Å². The molecule has 6 rings (SSSR count). The summed E-state index contributed by atoms with van der Waals surface area (Å²) < 4.78 is 13.9. The Morgan fingerprint density at radius 3 is 2.08 bits per heavy atom. The fourth-order valence-corrected chi connectivity index (χ4v) is 6.36. The van der Waals surface area contributed by atoms with Crippen LogP contribution in [0.2, 0.25) is 0 Å². The van der Waals surface area contributed by atoms with E-state index in [2.05, 4.69) is 71.1 Å². The number of carbonyl (C=O) groups excluding carboxylic acids is 1. The highest BCUT2D eigenvalue weighted by Crippen LogP contribution is 2.54. The molecule has 4 nitrogen and oxygen atoms in total. The van der Waals surface area contributed by atoms with E-state index in [9.17, 15) is 4.79 Å². The van der Waals surface area contributed by atoms with E-state index in [4.69, 9.17) is 4.74 Å². The summed E-state index contributed by atoms with van der Waals surface area (Å²) in [5.74, 6) is -0.318. The van der Waals surface area contributed by atoms with E-state index in [1.807, 2.05) is 30.3 Å². The first kappa shape index (κ1) is 22.6. The molecule has 0 unspecified atom stereocenters. The topological polar surface area (TPSA) is 52.1 Å². The smallest absolute Gasteiger partial charge is 0.337 e. The molecular weight excluding hydrogens is 464 g/mol. The molecule has 0 saturated carbocycles. The minimum atomic E-state index is -0.318. The first-order chi connectivity index (χ1) is 17.6. The third kappa shape index (κ3) is 3.30. The van der Waals surface area contributed by atoms with Crippen molar-refractivity contribution in [2.75, 3.05) is 7.11 Å². The van der Waals surface area contributed by atoms with Crippen LogP contribution >= 0.6 is 11.7 Å². The molecule has 0 radical (unpaired) electrons. The van der Waals surface area contributed by atoms with Crippen molar-refractivity contribution in [2.45, 2.75) is 32.1 Å². The minimum absolute atomic E-state index is 0.0587. The average Bonchev–Trinajstić information content (AvgIpc) is 3.53. The number of hydrogen-bond donors (Lipinski definition) is 0. The van der Waals surface area contributed by atoms with Crippen LogP contribution in [0.1, 0.15) is 48.2 Å². The molecule has 5 aromatic rings. The monoisotopic (exact) mass is 490 g/mol. The number of rotatable bonds is 5. The molecule has 0 bridgehead atoms. The van der Waals surface area contributed by atoms with Gasteiger partial charge in [0.25, 0.3) is 0 Å². The highest BCUT2D eigenvalue weighted by Gasteiger charge is 2.40. The van der Waals surface area contributed by atoms with Crippen molar-refractivity contribution in [3.05, 3.63) is 95.6 Å². The van der Waals surface area contributed by atoms with Crippen molar-refractivity contribution in [3.8, 4) is 33.4 Å². The van der Waals surface area contributed by atoms with Gasteiger partial charge in [0.05, 0.1) is 24.4 Å². The maximum absolute atomic E-state index is 11.9. The van der Waals surface area contributed by atoms with Crippen molar-refractivity contribution in [3.63, 3.8) is 0 Å². The lowest BCUT2D eigenvalue weighted by Gasteiger charge is -2.30. The van der Waals surface area contributed by atoms with Gasteiger partial charge in [-0.25, -0.2) is 4.79 Å². The molecule has 1 aliphatic rings. The molecule has 178 valence electrons. The Hall–Kier alpha value is -3.83. The summed E-state index contributed by atoms with van der Waals surface area (Å²) >= 11 is 1.26. The van der Waals surface area contributed by atoms with Crippen LogP contribution in [-0.2, 0) is 10.2 Å². The number of aromatic nitrogens is 2. The predicted molar refractivity (Wildman–Crippen MR) is 146 cm³/mol. The fraction of sp³-hybridized carbons (Fsp3) is 0.194. The van der Waals surface area contributed by atoms with Gasteiger partial charge in [0, 0.05) is 11.0 Å². The lowest BCUT2D eigenvalue weighted by Crippen LogP contribution is -2.23. The van der Waals surface area contributed by atoms with E-state index in [0.29, 0.717) is 5.56 Å². The molecule has 0 N–H and O–H groups in total. The van der Waals surface area contributed by atoms with E-state index >= 15 is 0 Å². The molecule has 1 aliphatic carbocycles. The molecule has 0 fully saturated rings. The van der Waals surface area contributed by atoms with Gasteiger partial charge in [-0.2, -0.15) is 8.75 Å². The van der Waals surface area contributed by atoms with Crippen LogP contribution in [0, 0.1) is 0 Å². The molecule has 4 aromatic carbocycles. The van der Waals surface area contributed by atoms with Gasteiger partial charge in [0.15, 0.2) is 0 Å². The fourth-order valence-electron chi connectivity index (χ4n) is 5.81. The third-order valence-corrected chi connectivity index (χ3v) is 8.35. The van der Waals surface area contributed by atoms with Crippen molar-refractivity contribution >= 4 is 28.7 Å². The number of nitrogens with zero attached hydrogens (tertiary/aromatic N) is 2. The zero-order valence-electron chi connectivity index (χ0n) is 20.5. The number of esters is 1. The summed E-state index contributed by atoms with van der Waals surface area (Å²) in [5.41, 5.74) is 12.4. The van der Waals surface area contributed by atoms with Gasteiger partial charge in [-0.3, -0.25) is 0 Å². The lowest BCUT2D eigenvalue weighted by molar-refractivity contribution is 0.0600. The Balaban J connectivity index is 1.47. The van der Waals surface area contributed by atoms with Crippen LogP contribution in [0.3, 0.4) is 0 Å². The SMILES string of the molecule is CCC1(CC)c2cc(-c3ccc(C(=O)OC)cc3)ccc2-c2ccc(-c3cccc4nsnc34)cc21. The summed E-state index contributed by atoms with van der Waals surface area (Å²) in [4.78, 5) is 11.9. The second-order valence-corrected chi connectivity index (χ2v) is 9.84. The van der Waals surface area contributed by atoms with Crippen LogP contribution in [0.15, 0.2) is 78.9 Å². The molecule has 36 heavy (non-hydrogen) atoms. The van der Waals surface area contributed by atoms with Crippen molar-refractivity contribution in [1.29, 1.82) is 0 Å². The summed E-state index contributed by atoms with van der Waals surface area (Å²) in [5, 5.41) is 0. The van der Waals surface area contributed by atoms with E-state index in [1.54, 1.807) is 0 Å². The standard InChI is InChI=1S/C31H26N2O2S/c1-4-31(5-2)26-17-21(19-9-11-20(12-10-19)30(34)35-3)13-15-24(26)25-16-14-22(18-27(25)31)23-7-6-8-28-29(23)33-36-32-28/h6-18H,4-5H2,1-3H3. The van der Waals surface area contributed by atoms with Crippen LogP contribution in [0.25, 0.3) is 44.4 Å². The second-order valence-electron chi connectivity index (χ2n) is 9.32. The molecular formula is C31H26N2O2S. The number of carbonyl (C=O) groups is 1. The van der Waals surface area contributed by atoms with Crippen molar-refractivity contribution in [2.24, 2.45) is 0 Å². The molecule has 0 aliphatic heterocycles. The molecule has 1 aromatic heterocycles. The highest BCUT2D eigenvalue weighted by atomic mass is 32.1. The summed E-state index contributed by atoms with van der Waals surface area (Å²) in [6, 6.07) is 27.5. The number of ether oxygens (including phenoxy) is 1. The average molecular weight is 491 g/mol. The summed E-state index contributed by atoms with van der Waals surface area (Å²) in [7, 11) is 1.41. The Morgan fingerprint density at radius 1 is 0.778 bits per heavy atom. The Kier molecular flexibility index (Phi) is 5.45. The Labute approximate surface area is 214 Å². The number of benzene rings is 4. The zero-order valence-corrected chi connectivity index (χ0v) is 21.4. The zero-order chi connectivity index (χ0) is 24.9. The van der Waals surface area contributed by atoms with Gasteiger partial charge in [0.2, 0.25) is 0 Å². The Bertz CT molecular complexity index is 1610. The highest BCUT2D eigenvalue weighted by molar-refractivity contribution is 7.00. The minimum Gasteiger partial charge on any atom is -0.465 e. The molecule has 0 amide bonds. The second kappa shape index (κ2) is 8.68. The van der Waals surface area contributed by atoms with Gasteiger partial charge in [-0.15, -0.1) is 0 Å². The summed E-state index contributed by atoms with van der Waals surface area (Å²) in [6.07, 6.45) is 2.03. The first-order valence-electron chi connectivity index (χ1n) is 12.3.